The second-order valence-corrected chi connectivity index (χ2v) is 9.71. The van der Waals surface area contributed by atoms with Crippen molar-refractivity contribution in [3.63, 3.8) is 0 Å². The molecule has 0 bridgehead atoms. The van der Waals surface area contributed by atoms with Crippen LogP contribution in [0.25, 0.3) is 10.8 Å². The van der Waals surface area contributed by atoms with E-state index in [0.29, 0.717) is 17.1 Å². The van der Waals surface area contributed by atoms with Gasteiger partial charge in [-0.05, 0) is 41.8 Å². The summed E-state index contributed by atoms with van der Waals surface area (Å²) in [6.45, 7) is 1.40. The number of nitrogens with one attached hydrogen (secondary N) is 1. The van der Waals surface area contributed by atoms with Gasteiger partial charge in [0.1, 0.15) is 44.4 Å². The average molecular weight is 587 g/mol. The molecule has 1 amide bonds. The molecule has 13 nitrogen and oxygen atoms in total. The topological polar surface area (TPSA) is 200 Å². The van der Waals surface area contributed by atoms with Crippen LogP contribution in [0.2, 0.25) is 0 Å². The standard InChI is InChI=1S/C26H24N6O7S.Na/c1-14(33)28-16-5-4-6-17(10-16)29-30-20-12-24(39-3)21(13-23(20)38-2)31-32-26-19(27)8-7-15-9-18(40(35,36)37)11-22(34)25(15)26;/h4-13,34H,27H2,1-3H3,(H,28,33)(H,35,36,37);/q;+1/p-1. The summed E-state index contributed by atoms with van der Waals surface area (Å²) in [5.74, 6) is -0.175. The second-order valence-electron chi connectivity index (χ2n) is 8.33. The molecular weight excluding hydrogens is 563 g/mol. The van der Waals surface area contributed by atoms with Crippen LogP contribution in [0.5, 0.6) is 17.2 Å². The number of amides is 1. The monoisotopic (exact) mass is 586 g/mol. The predicted molar refractivity (Wildman–Crippen MR) is 147 cm³/mol. The number of phenolic OH excluding ortho intramolecular Hbond substituents is 1. The Morgan fingerprint density at radius 3 is 2.15 bits per heavy atom. The van der Waals surface area contributed by atoms with Crippen molar-refractivity contribution in [1.82, 2.24) is 0 Å². The van der Waals surface area contributed by atoms with Crippen LogP contribution in [0.15, 0.2) is 86.0 Å². The zero-order valence-electron chi connectivity index (χ0n) is 22.4. The molecule has 15 heteroatoms. The van der Waals surface area contributed by atoms with Crippen molar-refractivity contribution in [2.24, 2.45) is 20.5 Å². The fourth-order valence-electron chi connectivity index (χ4n) is 3.75. The van der Waals surface area contributed by atoms with Gasteiger partial charge in [0.25, 0.3) is 0 Å². The predicted octanol–water partition coefficient (Wildman–Crippen LogP) is 2.84. The largest absolute Gasteiger partial charge is 1.00 e. The molecule has 0 aliphatic carbocycles. The number of nitrogens with two attached hydrogens (primary N) is 1. The van der Waals surface area contributed by atoms with Gasteiger partial charge in [0.15, 0.2) is 0 Å². The zero-order chi connectivity index (χ0) is 29.0. The van der Waals surface area contributed by atoms with Crippen LogP contribution in [-0.2, 0) is 14.9 Å². The van der Waals surface area contributed by atoms with Gasteiger partial charge in [0, 0.05) is 24.7 Å². The molecule has 0 spiro atoms. The van der Waals surface area contributed by atoms with E-state index in [1.807, 2.05) is 0 Å². The molecule has 0 saturated carbocycles. The quantitative estimate of drug-likeness (QED) is 0.121. The van der Waals surface area contributed by atoms with E-state index in [1.165, 1.54) is 45.4 Å². The Bertz CT molecular complexity index is 1800. The third kappa shape index (κ3) is 7.36. The Morgan fingerprint density at radius 2 is 1.56 bits per heavy atom. The van der Waals surface area contributed by atoms with Crippen LogP contribution in [0.1, 0.15) is 6.92 Å². The van der Waals surface area contributed by atoms with E-state index in [1.54, 1.807) is 24.3 Å². The van der Waals surface area contributed by atoms with Gasteiger partial charge in [0.2, 0.25) is 5.91 Å². The molecule has 4 N–H and O–H groups in total. The Morgan fingerprint density at radius 1 is 0.927 bits per heavy atom. The first kappa shape index (κ1) is 31.4. The van der Waals surface area contributed by atoms with Crippen molar-refractivity contribution in [3.05, 3.63) is 60.7 Å². The van der Waals surface area contributed by atoms with E-state index in [-0.39, 0.29) is 74.8 Å². The van der Waals surface area contributed by atoms with Gasteiger partial charge in [-0.3, -0.25) is 4.79 Å². The zero-order valence-corrected chi connectivity index (χ0v) is 25.3. The maximum Gasteiger partial charge on any atom is 1.00 e. The summed E-state index contributed by atoms with van der Waals surface area (Å²) >= 11 is 0. The summed E-state index contributed by atoms with van der Waals surface area (Å²) < 4.78 is 45.2. The summed E-state index contributed by atoms with van der Waals surface area (Å²) in [6.07, 6.45) is 0. The number of aromatic hydroxyl groups is 1. The minimum absolute atomic E-state index is 0. The number of nitrogen functional groups attached to an aromatic ring is 1. The Kier molecular flexibility index (Phi) is 10.0. The minimum atomic E-state index is -4.80. The molecule has 0 aliphatic rings. The number of benzene rings is 4. The molecule has 206 valence electrons. The van der Waals surface area contributed by atoms with Crippen molar-refractivity contribution in [1.29, 1.82) is 0 Å². The number of ether oxygens (including phenoxy) is 2. The van der Waals surface area contributed by atoms with Crippen LogP contribution in [0.3, 0.4) is 0 Å². The molecule has 0 aliphatic heterocycles. The van der Waals surface area contributed by atoms with E-state index in [2.05, 4.69) is 25.8 Å². The van der Waals surface area contributed by atoms with Crippen LogP contribution < -0.4 is 50.1 Å². The van der Waals surface area contributed by atoms with Crippen LogP contribution in [-0.4, -0.2) is 38.2 Å². The van der Waals surface area contributed by atoms with Crippen molar-refractivity contribution >= 4 is 60.9 Å². The van der Waals surface area contributed by atoms with Crippen LogP contribution in [0.4, 0.5) is 34.1 Å². The van der Waals surface area contributed by atoms with Crippen LogP contribution in [0, 0.1) is 0 Å². The fraction of sp³-hybridized carbons (Fsp3) is 0.115. The molecule has 41 heavy (non-hydrogen) atoms. The minimum Gasteiger partial charge on any atom is -0.744 e. The average Bonchev–Trinajstić information content (AvgIpc) is 2.90. The number of nitrogens with zero attached hydrogens (tertiary/aromatic N) is 4. The molecule has 0 aromatic heterocycles. The summed E-state index contributed by atoms with van der Waals surface area (Å²) in [4.78, 5) is 10.7. The van der Waals surface area contributed by atoms with Gasteiger partial charge >= 0.3 is 29.6 Å². The summed E-state index contributed by atoms with van der Waals surface area (Å²) in [5.41, 5.74) is 7.85. The third-order valence-corrected chi connectivity index (χ3v) is 6.35. The number of rotatable bonds is 8. The smallest absolute Gasteiger partial charge is 0.744 e. The number of phenols is 1. The van der Waals surface area contributed by atoms with Gasteiger partial charge in [-0.2, -0.15) is 5.11 Å². The molecule has 4 aromatic rings. The first-order valence-electron chi connectivity index (χ1n) is 11.5. The molecule has 0 unspecified atom stereocenters. The normalized spacial score (nSPS) is 11.5. The Balaban J connectivity index is 0.00000462. The molecular formula is C26H23N6NaO7S. The maximum absolute atomic E-state index is 11.4. The van der Waals surface area contributed by atoms with E-state index in [9.17, 15) is 22.9 Å². The maximum atomic E-state index is 11.4. The summed E-state index contributed by atoms with van der Waals surface area (Å²) in [6, 6.07) is 14.7. The third-order valence-electron chi connectivity index (χ3n) is 5.54. The molecule has 0 atom stereocenters. The SMILES string of the molecule is COc1cc(N=Nc2c(N)ccc3cc(S(=O)(=O)[O-])cc(O)c23)c(OC)cc1N=Nc1cccc(NC(C)=O)c1.[Na+]. The summed E-state index contributed by atoms with van der Waals surface area (Å²) in [7, 11) is -1.95. The van der Waals surface area contributed by atoms with Gasteiger partial charge in [-0.1, -0.05) is 12.1 Å². The van der Waals surface area contributed by atoms with E-state index >= 15 is 0 Å². The number of carbonyl (C=O) groups is 1. The fourth-order valence-corrected chi connectivity index (χ4v) is 4.28. The molecule has 0 fully saturated rings. The molecule has 4 aromatic carbocycles. The van der Waals surface area contributed by atoms with Gasteiger partial charge in [-0.15, -0.1) is 15.3 Å². The van der Waals surface area contributed by atoms with Crippen molar-refractivity contribution in [3.8, 4) is 17.2 Å². The molecule has 0 saturated heterocycles. The van der Waals surface area contributed by atoms with Gasteiger partial charge in [0.05, 0.1) is 35.9 Å². The number of azo groups is 2. The first-order chi connectivity index (χ1) is 19.0. The van der Waals surface area contributed by atoms with E-state index < -0.39 is 20.8 Å². The van der Waals surface area contributed by atoms with E-state index in [4.69, 9.17) is 15.2 Å². The Hall–Kier alpha value is -4.08. The number of hydrogen-bond donors (Lipinski definition) is 3. The number of hydrogen-bond acceptors (Lipinski definition) is 12. The number of carbonyl (C=O) groups excluding carboxylic acids is 1. The van der Waals surface area contributed by atoms with E-state index in [0.717, 1.165) is 12.1 Å². The van der Waals surface area contributed by atoms with Crippen LogP contribution >= 0.6 is 0 Å². The van der Waals surface area contributed by atoms with Crippen molar-refractivity contribution < 1.29 is 61.9 Å². The second kappa shape index (κ2) is 13.1. The van der Waals surface area contributed by atoms with Crippen molar-refractivity contribution in [2.45, 2.75) is 11.8 Å². The molecule has 4 rings (SSSR count). The molecule has 0 heterocycles. The van der Waals surface area contributed by atoms with Crippen molar-refractivity contribution in [2.75, 3.05) is 25.3 Å². The Labute approximate surface area is 257 Å². The number of methoxy groups -OCH3 is 2. The molecule has 0 radical (unpaired) electrons. The van der Waals surface area contributed by atoms with Gasteiger partial charge in [-0.25, -0.2) is 8.42 Å². The summed E-state index contributed by atoms with van der Waals surface area (Å²) in [5, 5.41) is 30.3. The first-order valence-corrected chi connectivity index (χ1v) is 12.9. The number of fused-ring (bicyclic) bond motifs is 1. The van der Waals surface area contributed by atoms with Gasteiger partial charge < -0.3 is 30.2 Å². The number of anilines is 2.